The first-order valence-corrected chi connectivity index (χ1v) is 6.17. The highest BCUT2D eigenvalue weighted by Crippen LogP contribution is 2.23. The molecule has 0 radical (unpaired) electrons. The van der Waals surface area contributed by atoms with E-state index in [0.29, 0.717) is 6.10 Å². The summed E-state index contributed by atoms with van der Waals surface area (Å²) in [6.07, 6.45) is 5.33. The summed E-state index contributed by atoms with van der Waals surface area (Å²) in [6.45, 7) is 0.258. The molecule has 1 saturated carbocycles. The number of imidazole rings is 1. The Morgan fingerprint density at radius 1 is 1.57 bits per heavy atom. The van der Waals surface area contributed by atoms with E-state index in [0.717, 1.165) is 12.8 Å². The van der Waals surface area contributed by atoms with Gasteiger partial charge < -0.3 is 9.72 Å². The summed E-state index contributed by atoms with van der Waals surface area (Å²) < 4.78 is 28.3. The SMILES string of the molecule is O=S(=O)(CCOC1CC1)c1ncc[nH]1. The largest absolute Gasteiger partial charge is 0.377 e. The molecule has 0 aromatic carbocycles. The second-order valence-electron chi connectivity index (χ2n) is 3.28. The molecule has 1 N–H and O–H groups in total. The Hall–Kier alpha value is -0.880. The third-order valence-electron chi connectivity index (χ3n) is 2.00. The van der Waals surface area contributed by atoms with Gasteiger partial charge in [0.2, 0.25) is 15.0 Å². The molecule has 5 nitrogen and oxygen atoms in total. The Morgan fingerprint density at radius 2 is 2.36 bits per heavy atom. The molecule has 0 amide bonds. The fourth-order valence-electron chi connectivity index (χ4n) is 1.08. The van der Waals surface area contributed by atoms with Crippen LogP contribution in [0.4, 0.5) is 0 Å². The molecule has 1 aromatic heterocycles. The lowest BCUT2D eigenvalue weighted by Crippen LogP contribution is -2.14. The summed E-state index contributed by atoms with van der Waals surface area (Å²) in [5.41, 5.74) is 0. The highest BCUT2D eigenvalue weighted by molar-refractivity contribution is 7.91. The van der Waals surface area contributed by atoms with Crippen LogP contribution in [0.3, 0.4) is 0 Å². The summed E-state index contributed by atoms with van der Waals surface area (Å²) in [4.78, 5) is 6.28. The van der Waals surface area contributed by atoms with Crippen molar-refractivity contribution >= 4 is 9.84 Å². The third-order valence-corrected chi connectivity index (χ3v) is 3.51. The van der Waals surface area contributed by atoms with Crippen molar-refractivity contribution in [2.75, 3.05) is 12.4 Å². The fraction of sp³-hybridized carbons (Fsp3) is 0.625. The molecule has 0 unspecified atom stereocenters. The van der Waals surface area contributed by atoms with Crippen molar-refractivity contribution in [2.24, 2.45) is 0 Å². The van der Waals surface area contributed by atoms with Crippen molar-refractivity contribution in [1.82, 2.24) is 9.97 Å². The standard InChI is InChI=1S/C8H12N2O3S/c11-14(12,8-9-3-4-10-8)6-5-13-7-1-2-7/h3-4,7H,1-2,5-6H2,(H,9,10). The van der Waals surface area contributed by atoms with Crippen LogP contribution in [0.25, 0.3) is 0 Å². The van der Waals surface area contributed by atoms with Gasteiger partial charge in [-0.05, 0) is 12.8 Å². The molecule has 0 spiro atoms. The number of aromatic nitrogens is 2. The second-order valence-corrected chi connectivity index (χ2v) is 5.31. The Balaban J connectivity index is 1.88. The Kier molecular flexibility index (Phi) is 2.56. The van der Waals surface area contributed by atoms with E-state index in [4.69, 9.17) is 4.74 Å². The number of ether oxygens (including phenoxy) is 1. The molecule has 6 heteroatoms. The van der Waals surface area contributed by atoms with E-state index in [2.05, 4.69) is 9.97 Å². The van der Waals surface area contributed by atoms with Gasteiger partial charge in [-0.2, -0.15) is 0 Å². The van der Waals surface area contributed by atoms with E-state index in [1.165, 1.54) is 12.4 Å². The molecular formula is C8H12N2O3S. The summed E-state index contributed by atoms with van der Waals surface area (Å²) in [7, 11) is -3.28. The maximum Gasteiger partial charge on any atom is 0.225 e. The first kappa shape index (κ1) is 9.67. The maximum atomic E-state index is 11.5. The average Bonchev–Trinajstić information content (AvgIpc) is 2.80. The highest BCUT2D eigenvalue weighted by atomic mass is 32.2. The number of rotatable bonds is 5. The smallest absolute Gasteiger partial charge is 0.225 e. The van der Waals surface area contributed by atoms with Crippen molar-refractivity contribution in [1.29, 1.82) is 0 Å². The lowest BCUT2D eigenvalue weighted by atomic mass is 10.8. The molecule has 1 aromatic rings. The highest BCUT2D eigenvalue weighted by Gasteiger charge is 2.24. The van der Waals surface area contributed by atoms with Crippen molar-refractivity contribution < 1.29 is 13.2 Å². The summed E-state index contributed by atoms with van der Waals surface area (Å²) >= 11 is 0. The third kappa shape index (κ3) is 2.33. The maximum absolute atomic E-state index is 11.5. The molecule has 0 bridgehead atoms. The van der Waals surface area contributed by atoms with E-state index in [-0.39, 0.29) is 17.5 Å². The average molecular weight is 216 g/mol. The molecule has 1 heterocycles. The number of hydrogen-bond donors (Lipinski definition) is 1. The molecule has 2 rings (SSSR count). The van der Waals surface area contributed by atoms with Gasteiger partial charge in [0.25, 0.3) is 0 Å². The molecule has 1 aliphatic carbocycles. The van der Waals surface area contributed by atoms with Crippen LogP contribution in [0.2, 0.25) is 0 Å². The van der Waals surface area contributed by atoms with Gasteiger partial charge in [0.15, 0.2) is 0 Å². The van der Waals surface area contributed by atoms with E-state index in [1.807, 2.05) is 0 Å². The molecule has 14 heavy (non-hydrogen) atoms. The predicted octanol–water partition coefficient (Wildman–Crippen LogP) is 0.362. The monoisotopic (exact) mass is 216 g/mol. The van der Waals surface area contributed by atoms with Crippen molar-refractivity contribution in [3.63, 3.8) is 0 Å². The molecular weight excluding hydrogens is 204 g/mol. The lowest BCUT2D eigenvalue weighted by molar-refractivity contribution is 0.134. The van der Waals surface area contributed by atoms with Gasteiger partial charge in [-0.1, -0.05) is 0 Å². The van der Waals surface area contributed by atoms with Gasteiger partial charge in [0.1, 0.15) is 0 Å². The Labute approximate surface area is 82.4 Å². The van der Waals surface area contributed by atoms with Crippen LogP contribution in [0, 0.1) is 0 Å². The van der Waals surface area contributed by atoms with Crippen LogP contribution in [0.5, 0.6) is 0 Å². The van der Waals surface area contributed by atoms with Crippen LogP contribution in [-0.2, 0) is 14.6 Å². The number of hydrogen-bond acceptors (Lipinski definition) is 4. The summed E-state index contributed by atoms with van der Waals surface area (Å²) in [5, 5.41) is 0.0249. The van der Waals surface area contributed by atoms with E-state index in [9.17, 15) is 8.42 Å². The van der Waals surface area contributed by atoms with Gasteiger partial charge in [-0.25, -0.2) is 13.4 Å². The van der Waals surface area contributed by atoms with Crippen molar-refractivity contribution in [3.05, 3.63) is 12.4 Å². The van der Waals surface area contributed by atoms with E-state index in [1.54, 1.807) is 0 Å². The number of nitrogens with one attached hydrogen (secondary N) is 1. The molecule has 0 saturated heterocycles. The zero-order valence-electron chi connectivity index (χ0n) is 7.64. The first-order chi connectivity index (χ1) is 6.68. The van der Waals surface area contributed by atoms with Gasteiger partial charge in [-0.3, -0.25) is 0 Å². The van der Waals surface area contributed by atoms with Gasteiger partial charge in [0.05, 0.1) is 18.5 Å². The number of H-pyrrole nitrogens is 1. The molecule has 1 aliphatic rings. The second kappa shape index (κ2) is 3.70. The number of sulfone groups is 1. The van der Waals surface area contributed by atoms with Crippen LogP contribution in [-0.4, -0.2) is 36.8 Å². The minimum atomic E-state index is -3.28. The first-order valence-electron chi connectivity index (χ1n) is 4.52. The minimum Gasteiger partial charge on any atom is -0.377 e. The molecule has 1 fully saturated rings. The lowest BCUT2D eigenvalue weighted by Gasteiger charge is -2.01. The van der Waals surface area contributed by atoms with E-state index < -0.39 is 9.84 Å². The van der Waals surface area contributed by atoms with Gasteiger partial charge >= 0.3 is 0 Å². The van der Waals surface area contributed by atoms with Crippen LogP contribution in [0.15, 0.2) is 17.6 Å². The normalized spacial score (nSPS) is 17.1. The van der Waals surface area contributed by atoms with Crippen molar-refractivity contribution in [3.8, 4) is 0 Å². The van der Waals surface area contributed by atoms with Crippen LogP contribution >= 0.6 is 0 Å². The fourth-order valence-corrected chi connectivity index (χ4v) is 2.05. The quantitative estimate of drug-likeness (QED) is 0.771. The Bertz CT molecular complexity index is 381. The van der Waals surface area contributed by atoms with E-state index >= 15 is 0 Å². The van der Waals surface area contributed by atoms with Crippen LogP contribution < -0.4 is 0 Å². The zero-order chi connectivity index (χ0) is 10.0. The molecule has 0 aliphatic heterocycles. The topological polar surface area (TPSA) is 72.1 Å². The minimum absolute atomic E-state index is 0.00296. The van der Waals surface area contributed by atoms with Gasteiger partial charge in [0, 0.05) is 12.4 Å². The summed E-state index contributed by atoms with van der Waals surface area (Å²) in [5.74, 6) is -0.00296. The van der Waals surface area contributed by atoms with Crippen LogP contribution in [0.1, 0.15) is 12.8 Å². The van der Waals surface area contributed by atoms with Crippen molar-refractivity contribution in [2.45, 2.75) is 24.1 Å². The summed E-state index contributed by atoms with van der Waals surface area (Å²) in [6, 6.07) is 0. The number of nitrogens with zero attached hydrogens (tertiary/aromatic N) is 1. The van der Waals surface area contributed by atoms with Gasteiger partial charge in [-0.15, -0.1) is 0 Å². The zero-order valence-corrected chi connectivity index (χ0v) is 8.46. The number of aromatic amines is 1. The predicted molar refractivity (Wildman–Crippen MR) is 49.6 cm³/mol. The Morgan fingerprint density at radius 3 is 2.93 bits per heavy atom. The molecule has 78 valence electrons. The molecule has 0 atom stereocenters.